The molecule has 2 atom stereocenters. The Balaban J connectivity index is 2.26. The SMILES string of the molecule is COc1ccc(C2CCCCCC2CCN)cc1OC. The van der Waals surface area contributed by atoms with Gasteiger partial charge in [-0.15, -0.1) is 0 Å². The molecule has 112 valence electrons. The Morgan fingerprint density at radius 1 is 1.05 bits per heavy atom. The Labute approximate surface area is 122 Å². The number of hydrogen-bond acceptors (Lipinski definition) is 3. The first-order valence-electron chi connectivity index (χ1n) is 7.72. The Morgan fingerprint density at radius 3 is 2.50 bits per heavy atom. The molecule has 1 aromatic carbocycles. The van der Waals surface area contributed by atoms with Crippen LogP contribution in [0.1, 0.15) is 50.0 Å². The zero-order valence-electron chi connectivity index (χ0n) is 12.7. The molecule has 20 heavy (non-hydrogen) atoms. The summed E-state index contributed by atoms with van der Waals surface area (Å²) in [5.41, 5.74) is 7.19. The van der Waals surface area contributed by atoms with Crippen LogP contribution in [0.5, 0.6) is 11.5 Å². The van der Waals surface area contributed by atoms with E-state index in [-0.39, 0.29) is 0 Å². The first kappa shape index (κ1) is 15.2. The predicted molar refractivity (Wildman–Crippen MR) is 82.5 cm³/mol. The third-order valence-corrected chi connectivity index (χ3v) is 4.53. The minimum absolute atomic E-state index is 0.612. The zero-order chi connectivity index (χ0) is 14.4. The average molecular weight is 277 g/mol. The maximum Gasteiger partial charge on any atom is 0.160 e. The summed E-state index contributed by atoms with van der Waals surface area (Å²) in [5.74, 6) is 2.96. The highest BCUT2D eigenvalue weighted by Gasteiger charge is 2.25. The largest absolute Gasteiger partial charge is 0.493 e. The Bertz CT molecular complexity index is 419. The van der Waals surface area contributed by atoms with Gasteiger partial charge in [-0.05, 0) is 55.3 Å². The lowest BCUT2D eigenvalue weighted by atomic mass is 9.80. The van der Waals surface area contributed by atoms with Crippen molar-refractivity contribution in [1.82, 2.24) is 0 Å². The standard InChI is InChI=1S/C17H27NO2/c1-19-16-9-8-14(12-17(16)20-2)15-7-5-3-4-6-13(15)10-11-18/h8-9,12-13,15H,3-7,10-11,18H2,1-2H3. The van der Waals surface area contributed by atoms with Crippen LogP contribution in [0.4, 0.5) is 0 Å². The van der Waals surface area contributed by atoms with Gasteiger partial charge in [-0.3, -0.25) is 0 Å². The molecule has 0 bridgehead atoms. The van der Waals surface area contributed by atoms with Crippen LogP contribution < -0.4 is 15.2 Å². The normalized spacial score (nSPS) is 23.1. The van der Waals surface area contributed by atoms with E-state index in [0.717, 1.165) is 24.5 Å². The number of methoxy groups -OCH3 is 2. The van der Waals surface area contributed by atoms with Gasteiger partial charge in [0.25, 0.3) is 0 Å². The van der Waals surface area contributed by atoms with Crippen LogP contribution in [0.2, 0.25) is 0 Å². The molecule has 0 aliphatic heterocycles. The van der Waals surface area contributed by atoms with E-state index in [2.05, 4.69) is 12.1 Å². The minimum Gasteiger partial charge on any atom is -0.493 e. The van der Waals surface area contributed by atoms with Crippen LogP contribution in [0.3, 0.4) is 0 Å². The third-order valence-electron chi connectivity index (χ3n) is 4.53. The molecule has 3 nitrogen and oxygen atoms in total. The van der Waals surface area contributed by atoms with E-state index in [9.17, 15) is 0 Å². The lowest BCUT2D eigenvalue weighted by molar-refractivity contribution is 0.349. The van der Waals surface area contributed by atoms with Gasteiger partial charge in [0.1, 0.15) is 0 Å². The molecule has 0 amide bonds. The molecule has 0 saturated heterocycles. The summed E-state index contributed by atoms with van der Waals surface area (Å²) < 4.78 is 10.8. The van der Waals surface area contributed by atoms with E-state index >= 15 is 0 Å². The summed E-state index contributed by atoms with van der Waals surface area (Å²) in [5, 5.41) is 0. The fraction of sp³-hybridized carbons (Fsp3) is 0.647. The van der Waals surface area contributed by atoms with Crippen molar-refractivity contribution < 1.29 is 9.47 Å². The van der Waals surface area contributed by atoms with E-state index in [4.69, 9.17) is 15.2 Å². The van der Waals surface area contributed by atoms with Crippen LogP contribution in [0.25, 0.3) is 0 Å². The van der Waals surface area contributed by atoms with Gasteiger partial charge >= 0.3 is 0 Å². The second kappa shape index (κ2) is 7.53. The van der Waals surface area contributed by atoms with Gasteiger partial charge in [0.05, 0.1) is 14.2 Å². The second-order valence-electron chi connectivity index (χ2n) is 5.70. The van der Waals surface area contributed by atoms with E-state index in [1.165, 1.54) is 37.7 Å². The van der Waals surface area contributed by atoms with Crippen molar-refractivity contribution in [2.75, 3.05) is 20.8 Å². The molecular formula is C17H27NO2. The minimum atomic E-state index is 0.612. The van der Waals surface area contributed by atoms with E-state index in [1.807, 2.05) is 6.07 Å². The smallest absolute Gasteiger partial charge is 0.160 e. The Morgan fingerprint density at radius 2 is 1.80 bits per heavy atom. The number of ether oxygens (including phenoxy) is 2. The lowest BCUT2D eigenvalue weighted by Gasteiger charge is -2.26. The number of rotatable bonds is 5. The van der Waals surface area contributed by atoms with Crippen molar-refractivity contribution in [3.8, 4) is 11.5 Å². The van der Waals surface area contributed by atoms with Crippen LogP contribution in [-0.4, -0.2) is 20.8 Å². The van der Waals surface area contributed by atoms with Gasteiger partial charge in [0.2, 0.25) is 0 Å². The van der Waals surface area contributed by atoms with Crippen molar-refractivity contribution >= 4 is 0 Å². The number of nitrogens with two attached hydrogens (primary N) is 1. The number of hydrogen-bond donors (Lipinski definition) is 1. The number of benzene rings is 1. The summed E-state index contributed by atoms with van der Waals surface area (Å²) in [6, 6.07) is 6.37. The van der Waals surface area contributed by atoms with Gasteiger partial charge < -0.3 is 15.2 Å². The fourth-order valence-electron chi connectivity index (χ4n) is 3.47. The highest BCUT2D eigenvalue weighted by molar-refractivity contribution is 5.44. The first-order valence-corrected chi connectivity index (χ1v) is 7.72. The van der Waals surface area contributed by atoms with Gasteiger partial charge in [-0.1, -0.05) is 25.3 Å². The quantitative estimate of drug-likeness (QED) is 0.834. The van der Waals surface area contributed by atoms with E-state index in [0.29, 0.717) is 11.8 Å². The summed E-state index contributed by atoms with van der Waals surface area (Å²) in [7, 11) is 3.38. The third kappa shape index (κ3) is 3.45. The summed E-state index contributed by atoms with van der Waals surface area (Å²) >= 11 is 0. The average Bonchev–Trinajstić information content (AvgIpc) is 2.72. The van der Waals surface area contributed by atoms with Crippen LogP contribution in [-0.2, 0) is 0 Å². The molecule has 2 unspecified atom stereocenters. The van der Waals surface area contributed by atoms with Gasteiger partial charge in [-0.25, -0.2) is 0 Å². The molecule has 3 heteroatoms. The van der Waals surface area contributed by atoms with Crippen molar-refractivity contribution in [2.45, 2.75) is 44.4 Å². The molecule has 1 aliphatic carbocycles. The molecule has 0 aromatic heterocycles. The van der Waals surface area contributed by atoms with Crippen molar-refractivity contribution in [2.24, 2.45) is 11.7 Å². The summed E-state index contributed by atoms with van der Waals surface area (Å²) in [6.45, 7) is 0.786. The monoisotopic (exact) mass is 277 g/mol. The van der Waals surface area contributed by atoms with E-state index in [1.54, 1.807) is 14.2 Å². The molecule has 2 N–H and O–H groups in total. The Kier molecular flexibility index (Phi) is 5.72. The lowest BCUT2D eigenvalue weighted by Crippen LogP contribution is -2.16. The molecule has 0 heterocycles. The maximum absolute atomic E-state index is 5.81. The molecule has 2 rings (SSSR count). The maximum atomic E-state index is 5.81. The molecule has 1 fully saturated rings. The molecule has 0 radical (unpaired) electrons. The molecule has 0 spiro atoms. The molecule has 1 aliphatic rings. The van der Waals surface area contributed by atoms with Crippen LogP contribution in [0.15, 0.2) is 18.2 Å². The summed E-state index contributed by atoms with van der Waals surface area (Å²) in [6.07, 6.45) is 7.70. The molecule has 1 aromatic rings. The van der Waals surface area contributed by atoms with Crippen LogP contribution >= 0.6 is 0 Å². The topological polar surface area (TPSA) is 44.5 Å². The molecular weight excluding hydrogens is 250 g/mol. The van der Waals surface area contributed by atoms with Gasteiger partial charge in [-0.2, -0.15) is 0 Å². The molecule has 1 saturated carbocycles. The first-order chi connectivity index (χ1) is 9.80. The zero-order valence-corrected chi connectivity index (χ0v) is 12.7. The van der Waals surface area contributed by atoms with E-state index < -0.39 is 0 Å². The fourth-order valence-corrected chi connectivity index (χ4v) is 3.47. The highest BCUT2D eigenvalue weighted by Crippen LogP contribution is 2.40. The van der Waals surface area contributed by atoms with Crippen molar-refractivity contribution in [3.63, 3.8) is 0 Å². The predicted octanol–water partition coefficient (Wildman–Crippen LogP) is 3.72. The van der Waals surface area contributed by atoms with Crippen molar-refractivity contribution in [1.29, 1.82) is 0 Å². The highest BCUT2D eigenvalue weighted by atomic mass is 16.5. The van der Waals surface area contributed by atoms with Gasteiger partial charge in [0.15, 0.2) is 11.5 Å². The van der Waals surface area contributed by atoms with Crippen LogP contribution in [0, 0.1) is 5.92 Å². The summed E-state index contributed by atoms with van der Waals surface area (Å²) in [4.78, 5) is 0. The van der Waals surface area contributed by atoms with Gasteiger partial charge in [0, 0.05) is 0 Å². The Hall–Kier alpha value is -1.22. The second-order valence-corrected chi connectivity index (χ2v) is 5.70. The van der Waals surface area contributed by atoms with Crippen molar-refractivity contribution in [3.05, 3.63) is 23.8 Å².